The third kappa shape index (κ3) is 101. The first-order valence-corrected chi connectivity index (χ1v) is 0.752. The van der Waals surface area contributed by atoms with E-state index in [4.69, 9.17) is 15.3 Å². The van der Waals surface area contributed by atoms with Gasteiger partial charge in [-0.25, -0.2) is 0 Å². The summed E-state index contributed by atoms with van der Waals surface area (Å²) in [4.78, 5) is 0. The number of hydrogen-bond donors (Lipinski definition) is 2. The van der Waals surface area contributed by atoms with Gasteiger partial charge in [0.05, 0.1) is 6.48 Å². The summed E-state index contributed by atoms with van der Waals surface area (Å²) in [6.45, 7) is -2.42. The lowest BCUT2D eigenvalue weighted by Gasteiger charge is -2.00. The summed E-state index contributed by atoms with van der Waals surface area (Å²) < 4.78 is 0. The minimum atomic E-state index is -2.42. The van der Waals surface area contributed by atoms with Crippen molar-refractivity contribution in [1.29, 1.82) is 0 Å². The van der Waals surface area contributed by atoms with Crippen molar-refractivity contribution < 1.29 is 15.3 Å². The van der Waals surface area contributed by atoms with Crippen molar-refractivity contribution in [2.24, 2.45) is 0 Å². The highest BCUT2D eigenvalue weighted by Crippen LogP contribution is 1.38. The molecule has 0 aliphatic heterocycles. The molecule has 0 atom stereocenters. The summed E-state index contributed by atoms with van der Waals surface area (Å²) in [5, 5.41) is 22.8. The standard InChI is InChI=1S/CH3O3/c2-1(3)4/h1-3H/q-1. The number of rotatable bonds is 0. The number of aliphatic hydroxyl groups excluding tert-OH is 1. The monoisotopic (exact) mass is 63.0 g/mol. The van der Waals surface area contributed by atoms with E-state index < -0.39 is 6.48 Å². The Morgan fingerprint density at radius 2 is 1.50 bits per heavy atom. The molecule has 26 valence electrons. The quantitative estimate of drug-likeness (QED) is 0.308. The summed E-state index contributed by atoms with van der Waals surface area (Å²) in [6, 6.07) is 0. The van der Waals surface area contributed by atoms with E-state index in [9.17, 15) is 0 Å². The van der Waals surface area contributed by atoms with E-state index in [0.29, 0.717) is 0 Å². The van der Waals surface area contributed by atoms with Crippen molar-refractivity contribution >= 4 is 0 Å². The van der Waals surface area contributed by atoms with Gasteiger partial charge >= 0.3 is 0 Å². The summed E-state index contributed by atoms with van der Waals surface area (Å²) >= 11 is 0. The van der Waals surface area contributed by atoms with E-state index in [-0.39, 0.29) is 0 Å². The molecule has 0 aliphatic rings. The van der Waals surface area contributed by atoms with Gasteiger partial charge in [0.1, 0.15) is 0 Å². The van der Waals surface area contributed by atoms with Crippen LogP contribution in [0.3, 0.4) is 0 Å². The molecule has 0 aliphatic carbocycles. The largest absolute Gasteiger partial charge is 0.810 e. The van der Waals surface area contributed by atoms with Gasteiger partial charge in [0.15, 0.2) is 0 Å². The third-order valence-corrected chi connectivity index (χ3v) is 0. The van der Waals surface area contributed by atoms with Gasteiger partial charge in [-0.3, -0.25) is 0 Å². The molecule has 0 saturated carbocycles. The van der Waals surface area contributed by atoms with Gasteiger partial charge in [-0.05, 0) is 0 Å². The van der Waals surface area contributed by atoms with Crippen LogP contribution in [-0.4, -0.2) is 16.7 Å². The Balaban J connectivity index is 2.32. The normalized spacial score (nSPS) is 9.00. The van der Waals surface area contributed by atoms with Gasteiger partial charge in [0, 0.05) is 0 Å². The van der Waals surface area contributed by atoms with E-state index in [1.54, 1.807) is 0 Å². The third-order valence-electron chi connectivity index (χ3n) is 0. The molecule has 0 fully saturated rings. The van der Waals surface area contributed by atoms with Crippen LogP contribution >= 0.6 is 0 Å². The lowest BCUT2D eigenvalue weighted by molar-refractivity contribution is -0.548. The van der Waals surface area contributed by atoms with E-state index >= 15 is 0 Å². The second-order valence-electron chi connectivity index (χ2n) is 0.326. The van der Waals surface area contributed by atoms with Crippen LogP contribution in [0.2, 0.25) is 0 Å². The maximum absolute atomic E-state index is 8.64. The van der Waals surface area contributed by atoms with Crippen molar-refractivity contribution in [3.05, 3.63) is 0 Å². The molecule has 0 radical (unpaired) electrons. The van der Waals surface area contributed by atoms with Crippen LogP contribution in [0.5, 0.6) is 0 Å². The lowest BCUT2D eigenvalue weighted by atomic mass is 11.4. The Hall–Kier alpha value is -0.120. The molecule has 0 bridgehead atoms. The van der Waals surface area contributed by atoms with Gasteiger partial charge in [0.2, 0.25) is 0 Å². The molecule has 0 unspecified atom stereocenters. The Morgan fingerprint density at radius 1 is 1.50 bits per heavy atom. The second-order valence-corrected chi connectivity index (χ2v) is 0.326. The molecule has 0 heterocycles. The minimum Gasteiger partial charge on any atom is -0.810 e. The average molecular weight is 63.0 g/mol. The molecule has 2 N–H and O–H groups in total. The Morgan fingerprint density at radius 3 is 1.50 bits per heavy atom. The maximum atomic E-state index is 8.64. The second kappa shape index (κ2) is 1.23. The molecule has 0 rings (SSSR count). The van der Waals surface area contributed by atoms with Crippen molar-refractivity contribution in [3.63, 3.8) is 0 Å². The van der Waals surface area contributed by atoms with E-state index in [2.05, 4.69) is 0 Å². The first-order chi connectivity index (χ1) is 1.73. The lowest BCUT2D eigenvalue weighted by Crippen LogP contribution is -2.22. The number of aliphatic hydroxyl groups is 2. The summed E-state index contributed by atoms with van der Waals surface area (Å²) in [5.41, 5.74) is 0. The molecule has 3 nitrogen and oxygen atoms in total. The van der Waals surface area contributed by atoms with Crippen LogP contribution in [0, 0.1) is 0 Å². The molecule has 0 saturated heterocycles. The molecule has 0 spiro atoms. The molecule has 0 aromatic rings. The van der Waals surface area contributed by atoms with Gasteiger partial charge in [0.25, 0.3) is 0 Å². The van der Waals surface area contributed by atoms with Crippen LogP contribution in [0.15, 0.2) is 0 Å². The average Bonchev–Trinajstić information content (AvgIpc) is 0.811. The summed E-state index contributed by atoms with van der Waals surface area (Å²) in [7, 11) is 0. The van der Waals surface area contributed by atoms with Crippen molar-refractivity contribution in [1.82, 2.24) is 0 Å². The van der Waals surface area contributed by atoms with Crippen LogP contribution in [0.1, 0.15) is 0 Å². The maximum Gasteiger partial charge on any atom is 0.0797 e. The predicted octanol–water partition coefficient (Wildman–Crippen LogP) is -2.39. The first-order valence-electron chi connectivity index (χ1n) is 0.752. The highest BCUT2D eigenvalue weighted by Gasteiger charge is 1.54. The van der Waals surface area contributed by atoms with Crippen LogP contribution in [0.4, 0.5) is 0 Å². The first kappa shape index (κ1) is 3.88. The zero-order chi connectivity index (χ0) is 3.58. The van der Waals surface area contributed by atoms with Gasteiger partial charge in [-0.2, -0.15) is 0 Å². The smallest absolute Gasteiger partial charge is 0.0797 e. The zero-order valence-electron chi connectivity index (χ0n) is 1.88. The summed E-state index contributed by atoms with van der Waals surface area (Å²) in [5.74, 6) is 0. The van der Waals surface area contributed by atoms with E-state index in [1.807, 2.05) is 0 Å². The van der Waals surface area contributed by atoms with Gasteiger partial charge < -0.3 is 15.3 Å². The molecular weight excluding hydrogens is 60.0 g/mol. The zero-order valence-corrected chi connectivity index (χ0v) is 1.88. The fourth-order valence-corrected chi connectivity index (χ4v) is 0. The topological polar surface area (TPSA) is 63.5 Å². The van der Waals surface area contributed by atoms with Crippen molar-refractivity contribution in [2.45, 2.75) is 6.48 Å². The Kier molecular flexibility index (Phi) is 1.19. The Labute approximate surface area is 23.1 Å². The molecular formula is CH3O3-. The van der Waals surface area contributed by atoms with E-state index in [0.717, 1.165) is 0 Å². The molecule has 0 amide bonds. The minimum absolute atomic E-state index is 2.42. The molecule has 0 aromatic heterocycles. The Bertz CT molecular complexity index is 8.00. The molecule has 4 heavy (non-hydrogen) atoms. The highest BCUT2D eigenvalue weighted by molar-refractivity contribution is 3.70. The fraction of sp³-hybridized carbons (Fsp3) is 1.00. The van der Waals surface area contributed by atoms with Gasteiger partial charge in [-0.1, -0.05) is 0 Å². The SMILES string of the molecule is [O-]C(O)O. The highest BCUT2D eigenvalue weighted by atomic mass is 16.6. The molecule has 3 heteroatoms. The summed E-state index contributed by atoms with van der Waals surface area (Å²) in [6.07, 6.45) is 0. The number of hydrogen-bond acceptors (Lipinski definition) is 3. The van der Waals surface area contributed by atoms with Crippen LogP contribution < -0.4 is 5.11 Å². The van der Waals surface area contributed by atoms with Crippen molar-refractivity contribution in [2.75, 3.05) is 0 Å². The van der Waals surface area contributed by atoms with E-state index in [1.165, 1.54) is 0 Å². The van der Waals surface area contributed by atoms with Gasteiger partial charge in [-0.15, -0.1) is 0 Å². The van der Waals surface area contributed by atoms with Crippen LogP contribution in [0.25, 0.3) is 0 Å². The fourth-order valence-electron chi connectivity index (χ4n) is 0. The van der Waals surface area contributed by atoms with Crippen molar-refractivity contribution in [3.8, 4) is 0 Å². The predicted molar refractivity (Wildman–Crippen MR) is 8.23 cm³/mol. The van der Waals surface area contributed by atoms with Crippen LogP contribution in [-0.2, 0) is 0 Å². The molecule has 0 aromatic carbocycles.